The average molecular weight is 308 g/mol. The molecule has 3 N–H and O–H groups in total. The van der Waals surface area contributed by atoms with E-state index in [2.05, 4.69) is 29.4 Å². The molecular formula is C14H24N6O2. The zero-order valence-electron chi connectivity index (χ0n) is 13.2. The number of carbonyl (C=O) groups excluding carboxylic acids is 2. The fraction of sp³-hybridized carbons (Fsp3) is 0.714. The highest BCUT2D eigenvalue weighted by atomic mass is 16.2. The molecule has 8 nitrogen and oxygen atoms in total. The Kier molecular flexibility index (Phi) is 5.35. The Hall–Kier alpha value is -2.12. The Bertz CT molecular complexity index is 527. The maximum Gasteiger partial charge on any atom is 0.317 e. The van der Waals surface area contributed by atoms with E-state index in [1.165, 1.54) is 0 Å². The molecule has 122 valence electrons. The predicted octanol–water partition coefficient (Wildman–Crippen LogP) is 0.308. The number of primary amides is 1. The summed E-state index contributed by atoms with van der Waals surface area (Å²) in [6.45, 7) is 5.68. The number of amides is 3. The number of hydrogen-bond acceptors (Lipinski definition) is 4. The topological polar surface area (TPSA) is 106 Å². The van der Waals surface area contributed by atoms with E-state index in [0.29, 0.717) is 32.1 Å². The van der Waals surface area contributed by atoms with Crippen LogP contribution in [-0.2, 0) is 11.2 Å². The quantitative estimate of drug-likeness (QED) is 0.816. The normalized spacial score (nSPS) is 18.5. The molecule has 2 heterocycles. The maximum absolute atomic E-state index is 12.1. The van der Waals surface area contributed by atoms with Crippen LogP contribution < -0.4 is 11.1 Å². The smallest absolute Gasteiger partial charge is 0.317 e. The van der Waals surface area contributed by atoms with Crippen LogP contribution in [0.4, 0.5) is 4.79 Å². The minimum atomic E-state index is -0.331. The number of hydrogen-bond donors (Lipinski definition) is 2. The third-order valence-corrected chi connectivity index (χ3v) is 3.94. The fourth-order valence-corrected chi connectivity index (χ4v) is 2.66. The second-order valence-electron chi connectivity index (χ2n) is 5.92. The van der Waals surface area contributed by atoms with Gasteiger partial charge in [-0.15, -0.1) is 10.2 Å². The number of carbonyl (C=O) groups is 2. The summed E-state index contributed by atoms with van der Waals surface area (Å²) in [7, 11) is 0. The number of piperidine rings is 1. The molecule has 1 aromatic heterocycles. The van der Waals surface area contributed by atoms with Crippen LogP contribution in [0.25, 0.3) is 0 Å². The second kappa shape index (κ2) is 7.24. The molecule has 1 atom stereocenters. The SMILES string of the molecule is CC(C)n1cnnc1CCNC(=O)N1CCCC(C(N)=O)C1. The highest BCUT2D eigenvalue weighted by Crippen LogP contribution is 2.15. The molecule has 0 bridgehead atoms. The Morgan fingerprint density at radius 2 is 2.27 bits per heavy atom. The molecule has 1 aliphatic rings. The van der Waals surface area contributed by atoms with Gasteiger partial charge in [0.1, 0.15) is 12.2 Å². The third kappa shape index (κ3) is 3.96. The van der Waals surface area contributed by atoms with E-state index in [9.17, 15) is 9.59 Å². The first kappa shape index (κ1) is 16.3. The van der Waals surface area contributed by atoms with Crippen molar-refractivity contribution < 1.29 is 9.59 Å². The summed E-state index contributed by atoms with van der Waals surface area (Å²) in [4.78, 5) is 25.0. The first-order chi connectivity index (χ1) is 10.5. The Morgan fingerprint density at radius 3 is 2.95 bits per heavy atom. The number of nitrogens with zero attached hydrogens (tertiary/aromatic N) is 4. The predicted molar refractivity (Wildman–Crippen MR) is 81.0 cm³/mol. The van der Waals surface area contributed by atoms with Crippen molar-refractivity contribution in [2.45, 2.75) is 39.2 Å². The van der Waals surface area contributed by atoms with Gasteiger partial charge in [0, 0.05) is 32.1 Å². The van der Waals surface area contributed by atoms with Gasteiger partial charge in [0.2, 0.25) is 5.91 Å². The van der Waals surface area contributed by atoms with Crippen molar-refractivity contribution in [2.75, 3.05) is 19.6 Å². The first-order valence-electron chi connectivity index (χ1n) is 7.69. The minimum absolute atomic E-state index is 0.151. The summed E-state index contributed by atoms with van der Waals surface area (Å²) in [6.07, 6.45) is 3.89. The minimum Gasteiger partial charge on any atom is -0.369 e. The molecule has 1 fully saturated rings. The van der Waals surface area contributed by atoms with Gasteiger partial charge in [-0.3, -0.25) is 4.79 Å². The summed E-state index contributed by atoms with van der Waals surface area (Å²) in [5.41, 5.74) is 5.32. The summed E-state index contributed by atoms with van der Waals surface area (Å²) in [5, 5.41) is 10.8. The number of rotatable bonds is 5. The maximum atomic E-state index is 12.1. The lowest BCUT2D eigenvalue weighted by atomic mass is 9.98. The van der Waals surface area contributed by atoms with E-state index < -0.39 is 0 Å². The Labute approximate surface area is 130 Å². The molecule has 2 rings (SSSR count). The number of nitrogens with one attached hydrogen (secondary N) is 1. The Balaban J connectivity index is 1.80. The molecule has 1 unspecified atom stereocenters. The van der Waals surface area contributed by atoms with E-state index in [0.717, 1.165) is 18.7 Å². The molecular weight excluding hydrogens is 284 g/mol. The van der Waals surface area contributed by atoms with Gasteiger partial charge in [-0.2, -0.15) is 0 Å². The van der Waals surface area contributed by atoms with Crippen LogP contribution in [0.15, 0.2) is 6.33 Å². The number of nitrogens with two attached hydrogens (primary N) is 1. The van der Waals surface area contributed by atoms with E-state index in [1.54, 1.807) is 11.2 Å². The van der Waals surface area contributed by atoms with Gasteiger partial charge in [-0.25, -0.2) is 4.79 Å². The standard InChI is InChI=1S/C14H24N6O2/c1-10(2)20-9-17-18-12(20)5-6-16-14(22)19-7-3-4-11(8-19)13(15)21/h9-11H,3-8H2,1-2H3,(H2,15,21)(H,16,22). The molecule has 1 aromatic rings. The van der Waals surface area contributed by atoms with Crippen LogP contribution in [-0.4, -0.2) is 51.2 Å². The largest absolute Gasteiger partial charge is 0.369 e. The van der Waals surface area contributed by atoms with Gasteiger partial charge in [0.05, 0.1) is 5.92 Å². The number of urea groups is 1. The summed E-state index contributed by atoms with van der Waals surface area (Å²) >= 11 is 0. The molecule has 22 heavy (non-hydrogen) atoms. The summed E-state index contributed by atoms with van der Waals surface area (Å²) in [6, 6.07) is 0.140. The third-order valence-electron chi connectivity index (χ3n) is 3.94. The lowest BCUT2D eigenvalue weighted by Gasteiger charge is -2.31. The fourth-order valence-electron chi connectivity index (χ4n) is 2.66. The molecule has 0 aromatic carbocycles. The summed E-state index contributed by atoms with van der Waals surface area (Å²) < 4.78 is 1.98. The van der Waals surface area contributed by atoms with Crippen LogP contribution in [0.1, 0.15) is 38.6 Å². The molecule has 8 heteroatoms. The van der Waals surface area contributed by atoms with Gasteiger partial charge in [0.15, 0.2) is 0 Å². The Morgan fingerprint density at radius 1 is 1.50 bits per heavy atom. The zero-order chi connectivity index (χ0) is 16.1. The van der Waals surface area contributed by atoms with Gasteiger partial charge >= 0.3 is 6.03 Å². The van der Waals surface area contributed by atoms with Crippen molar-refractivity contribution in [3.05, 3.63) is 12.2 Å². The van der Waals surface area contributed by atoms with Gasteiger partial charge in [-0.05, 0) is 26.7 Å². The lowest BCUT2D eigenvalue weighted by Crippen LogP contribution is -2.48. The van der Waals surface area contributed by atoms with Crippen LogP contribution in [0.3, 0.4) is 0 Å². The molecule has 0 saturated carbocycles. The van der Waals surface area contributed by atoms with E-state index in [1.807, 2.05) is 4.57 Å². The monoisotopic (exact) mass is 308 g/mol. The van der Waals surface area contributed by atoms with Crippen LogP contribution in [0, 0.1) is 5.92 Å². The zero-order valence-corrected chi connectivity index (χ0v) is 13.2. The van der Waals surface area contributed by atoms with Crippen LogP contribution in [0.5, 0.6) is 0 Å². The molecule has 0 aliphatic carbocycles. The second-order valence-corrected chi connectivity index (χ2v) is 5.92. The van der Waals surface area contributed by atoms with Crippen molar-refractivity contribution in [3.8, 4) is 0 Å². The highest BCUT2D eigenvalue weighted by molar-refractivity contribution is 5.79. The lowest BCUT2D eigenvalue weighted by molar-refractivity contribution is -0.123. The van der Waals surface area contributed by atoms with Gasteiger partial charge in [0.25, 0.3) is 0 Å². The molecule has 0 spiro atoms. The van der Waals surface area contributed by atoms with E-state index in [4.69, 9.17) is 5.73 Å². The highest BCUT2D eigenvalue weighted by Gasteiger charge is 2.26. The van der Waals surface area contributed by atoms with Crippen molar-refractivity contribution in [2.24, 2.45) is 11.7 Å². The van der Waals surface area contributed by atoms with Crippen LogP contribution >= 0.6 is 0 Å². The number of aromatic nitrogens is 3. The van der Waals surface area contributed by atoms with Crippen molar-refractivity contribution in [3.63, 3.8) is 0 Å². The van der Waals surface area contributed by atoms with Crippen molar-refractivity contribution in [1.82, 2.24) is 25.0 Å². The van der Waals surface area contributed by atoms with Gasteiger partial charge in [-0.1, -0.05) is 0 Å². The molecule has 1 saturated heterocycles. The van der Waals surface area contributed by atoms with Crippen LogP contribution in [0.2, 0.25) is 0 Å². The summed E-state index contributed by atoms with van der Waals surface area (Å²) in [5.74, 6) is 0.287. The number of likely N-dealkylation sites (tertiary alicyclic amines) is 1. The molecule has 3 amide bonds. The molecule has 0 radical (unpaired) electrons. The molecule has 1 aliphatic heterocycles. The van der Waals surface area contributed by atoms with Gasteiger partial charge < -0.3 is 20.5 Å². The van der Waals surface area contributed by atoms with E-state index in [-0.39, 0.29) is 17.9 Å². The van der Waals surface area contributed by atoms with Crippen molar-refractivity contribution >= 4 is 11.9 Å². The van der Waals surface area contributed by atoms with E-state index >= 15 is 0 Å². The first-order valence-corrected chi connectivity index (χ1v) is 7.69. The van der Waals surface area contributed by atoms with Crippen molar-refractivity contribution in [1.29, 1.82) is 0 Å². The average Bonchev–Trinajstić information content (AvgIpc) is 2.96.